The van der Waals surface area contributed by atoms with E-state index in [-0.39, 0.29) is 37.2 Å². The lowest BCUT2D eigenvalue weighted by Crippen LogP contribution is -2.18. The summed E-state index contributed by atoms with van der Waals surface area (Å²) in [4.78, 5) is 22.5. The fourth-order valence-electron chi connectivity index (χ4n) is 2.27. The summed E-state index contributed by atoms with van der Waals surface area (Å²) in [7, 11) is 0. The van der Waals surface area contributed by atoms with Crippen LogP contribution in [-0.4, -0.2) is 31.5 Å². The molecule has 1 atom stereocenters. The number of nitrogens with two attached hydrogens (primary N) is 1. The highest BCUT2D eigenvalue weighted by atomic mass is 35.5. The number of anilines is 1. The number of benzene rings is 1. The third kappa shape index (κ3) is 6.32. The topological polar surface area (TPSA) is 93.5 Å². The predicted octanol–water partition coefficient (Wildman–Crippen LogP) is 1.30. The second-order valence-corrected chi connectivity index (χ2v) is 5.20. The molecule has 1 aliphatic heterocycles. The van der Waals surface area contributed by atoms with Crippen molar-refractivity contribution >= 4 is 29.9 Å². The Hall–Kier alpha value is -1.79. The van der Waals surface area contributed by atoms with Gasteiger partial charge in [-0.15, -0.1) is 12.4 Å². The second-order valence-electron chi connectivity index (χ2n) is 5.20. The fraction of sp³-hybridized carbons (Fsp3) is 0.467. The summed E-state index contributed by atoms with van der Waals surface area (Å²) in [6.45, 7) is 2.17. The zero-order valence-corrected chi connectivity index (χ0v) is 13.2. The van der Waals surface area contributed by atoms with Gasteiger partial charge in [0.05, 0.1) is 13.0 Å². The maximum absolute atomic E-state index is 11.9. The minimum absolute atomic E-state index is 0. The number of carbonyl (C=O) groups excluding carboxylic acids is 2. The minimum atomic E-state index is -0.389. The van der Waals surface area contributed by atoms with Crippen LogP contribution in [0.1, 0.15) is 19.3 Å². The lowest BCUT2D eigenvalue weighted by Gasteiger charge is -2.10. The Morgan fingerprint density at radius 1 is 1.32 bits per heavy atom. The highest BCUT2D eigenvalue weighted by Gasteiger charge is 2.17. The summed E-state index contributed by atoms with van der Waals surface area (Å²) in [6, 6.07) is 7.08. The average molecular weight is 328 g/mol. The first kappa shape index (κ1) is 18.3. The van der Waals surface area contributed by atoms with E-state index in [0.717, 1.165) is 25.2 Å². The summed E-state index contributed by atoms with van der Waals surface area (Å²) in [5, 5.41) is 6.12. The van der Waals surface area contributed by atoms with Crippen LogP contribution in [0.2, 0.25) is 0 Å². The van der Waals surface area contributed by atoms with Crippen LogP contribution in [0.3, 0.4) is 0 Å². The normalized spacial score (nSPS) is 16.6. The van der Waals surface area contributed by atoms with Gasteiger partial charge in [0.25, 0.3) is 0 Å². The predicted molar refractivity (Wildman–Crippen MR) is 87.2 cm³/mol. The molecule has 2 rings (SSSR count). The van der Waals surface area contributed by atoms with Gasteiger partial charge in [0, 0.05) is 12.1 Å². The van der Waals surface area contributed by atoms with Gasteiger partial charge in [-0.1, -0.05) is 0 Å². The van der Waals surface area contributed by atoms with Gasteiger partial charge in [0.1, 0.15) is 5.75 Å². The van der Waals surface area contributed by atoms with Crippen molar-refractivity contribution in [3.8, 4) is 5.75 Å². The molecule has 1 unspecified atom stereocenters. The van der Waals surface area contributed by atoms with Crippen LogP contribution in [0.25, 0.3) is 0 Å². The van der Waals surface area contributed by atoms with E-state index in [1.807, 2.05) is 0 Å². The molecule has 6 nitrogen and oxygen atoms in total. The Kier molecular flexibility index (Phi) is 7.70. The van der Waals surface area contributed by atoms with E-state index in [1.54, 1.807) is 24.3 Å². The number of primary amides is 1. The third-order valence-electron chi connectivity index (χ3n) is 3.39. The van der Waals surface area contributed by atoms with Gasteiger partial charge in [0.15, 0.2) is 0 Å². The largest absolute Gasteiger partial charge is 0.493 e. The molecular weight excluding hydrogens is 306 g/mol. The molecule has 4 N–H and O–H groups in total. The molecule has 0 radical (unpaired) electrons. The monoisotopic (exact) mass is 327 g/mol. The molecule has 1 aromatic carbocycles. The van der Waals surface area contributed by atoms with Crippen LogP contribution in [0.5, 0.6) is 5.75 Å². The first-order chi connectivity index (χ1) is 10.1. The highest BCUT2D eigenvalue weighted by Crippen LogP contribution is 2.18. The number of ether oxygens (including phenoxy) is 1. The zero-order valence-electron chi connectivity index (χ0n) is 12.3. The first-order valence-corrected chi connectivity index (χ1v) is 7.15. The standard InChI is InChI=1S/C15H21N3O3.ClH/c16-14(19)6-8-21-13-3-1-12(2-4-13)18-15(20)9-11-5-7-17-10-11;/h1-4,11,17H,5-10H2,(H2,16,19)(H,18,20);1H. The molecule has 0 aliphatic carbocycles. The van der Waals surface area contributed by atoms with Crippen molar-refractivity contribution in [3.63, 3.8) is 0 Å². The van der Waals surface area contributed by atoms with Gasteiger partial charge in [-0.05, 0) is 49.7 Å². The van der Waals surface area contributed by atoms with Crippen molar-refractivity contribution in [1.82, 2.24) is 5.32 Å². The second kappa shape index (κ2) is 9.27. The molecular formula is C15H22ClN3O3. The smallest absolute Gasteiger partial charge is 0.224 e. The molecule has 22 heavy (non-hydrogen) atoms. The molecule has 1 fully saturated rings. The Labute approximate surface area is 136 Å². The molecule has 1 aliphatic rings. The fourth-order valence-corrected chi connectivity index (χ4v) is 2.27. The SMILES string of the molecule is Cl.NC(=O)CCOc1ccc(NC(=O)CC2CCNC2)cc1. The summed E-state index contributed by atoms with van der Waals surface area (Å²) in [5.41, 5.74) is 5.78. The number of rotatable bonds is 7. The van der Waals surface area contributed by atoms with Crippen molar-refractivity contribution < 1.29 is 14.3 Å². The maximum Gasteiger partial charge on any atom is 0.224 e. The Morgan fingerprint density at radius 2 is 2.05 bits per heavy atom. The number of halogens is 1. The van der Waals surface area contributed by atoms with Crippen molar-refractivity contribution in [2.45, 2.75) is 19.3 Å². The molecule has 0 aromatic heterocycles. The molecule has 0 spiro atoms. The summed E-state index contributed by atoms with van der Waals surface area (Å²) >= 11 is 0. The lowest BCUT2D eigenvalue weighted by molar-refractivity contribution is -0.118. The summed E-state index contributed by atoms with van der Waals surface area (Å²) in [6.07, 6.45) is 1.79. The van der Waals surface area contributed by atoms with Crippen LogP contribution < -0.4 is 21.1 Å². The van der Waals surface area contributed by atoms with Crippen molar-refractivity contribution in [2.24, 2.45) is 11.7 Å². The number of nitrogens with one attached hydrogen (secondary N) is 2. The van der Waals surface area contributed by atoms with E-state index in [4.69, 9.17) is 10.5 Å². The van der Waals surface area contributed by atoms with E-state index in [2.05, 4.69) is 10.6 Å². The molecule has 7 heteroatoms. The quantitative estimate of drug-likeness (QED) is 0.703. The van der Waals surface area contributed by atoms with Crippen LogP contribution in [0.4, 0.5) is 5.69 Å². The van der Waals surface area contributed by atoms with Crippen LogP contribution in [-0.2, 0) is 9.59 Å². The van der Waals surface area contributed by atoms with Gasteiger partial charge in [-0.25, -0.2) is 0 Å². The molecule has 1 saturated heterocycles. The van der Waals surface area contributed by atoms with Gasteiger partial charge >= 0.3 is 0 Å². The van der Waals surface area contributed by atoms with E-state index < -0.39 is 0 Å². The van der Waals surface area contributed by atoms with Crippen molar-refractivity contribution in [3.05, 3.63) is 24.3 Å². The number of amides is 2. The van der Waals surface area contributed by atoms with Gasteiger partial charge < -0.3 is 21.1 Å². The van der Waals surface area contributed by atoms with Gasteiger partial charge in [-0.2, -0.15) is 0 Å². The summed E-state index contributed by atoms with van der Waals surface area (Å²) < 4.78 is 5.36. The van der Waals surface area contributed by atoms with E-state index in [1.165, 1.54) is 0 Å². The van der Waals surface area contributed by atoms with E-state index in [9.17, 15) is 9.59 Å². The first-order valence-electron chi connectivity index (χ1n) is 7.15. The van der Waals surface area contributed by atoms with Gasteiger partial charge in [0.2, 0.25) is 11.8 Å². The Morgan fingerprint density at radius 3 is 2.64 bits per heavy atom. The molecule has 0 bridgehead atoms. The molecule has 1 aromatic rings. The minimum Gasteiger partial charge on any atom is -0.493 e. The van der Waals surface area contributed by atoms with Crippen molar-refractivity contribution in [2.75, 3.05) is 25.0 Å². The number of hydrogen-bond acceptors (Lipinski definition) is 4. The zero-order chi connectivity index (χ0) is 15.1. The number of hydrogen-bond donors (Lipinski definition) is 3. The van der Waals surface area contributed by atoms with E-state index >= 15 is 0 Å². The third-order valence-corrected chi connectivity index (χ3v) is 3.39. The van der Waals surface area contributed by atoms with Crippen LogP contribution >= 0.6 is 12.4 Å². The maximum atomic E-state index is 11.9. The lowest BCUT2D eigenvalue weighted by atomic mass is 10.0. The molecule has 0 saturated carbocycles. The molecule has 122 valence electrons. The highest BCUT2D eigenvalue weighted by molar-refractivity contribution is 5.90. The van der Waals surface area contributed by atoms with Crippen LogP contribution in [0.15, 0.2) is 24.3 Å². The Balaban J connectivity index is 0.00000242. The molecule has 2 amide bonds. The Bertz CT molecular complexity index is 487. The van der Waals surface area contributed by atoms with E-state index in [0.29, 0.717) is 18.1 Å². The molecule has 1 heterocycles. The number of carbonyl (C=O) groups is 2. The van der Waals surface area contributed by atoms with Crippen LogP contribution in [0, 0.1) is 5.92 Å². The summed E-state index contributed by atoms with van der Waals surface area (Å²) in [5.74, 6) is 0.724. The van der Waals surface area contributed by atoms with Crippen molar-refractivity contribution in [1.29, 1.82) is 0 Å². The average Bonchev–Trinajstić information content (AvgIpc) is 2.93. The van der Waals surface area contributed by atoms with Gasteiger partial charge in [-0.3, -0.25) is 9.59 Å².